The van der Waals surface area contributed by atoms with Gasteiger partial charge in [0.25, 0.3) is 5.91 Å². The highest BCUT2D eigenvalue weighted by molar-refractivity contribution is 6.30. The van der Waals surface area contributed by atoms with E-state index in [0.29, 0.717) is 17.1 Å². The normalized spacial score (nSPS) is 11.5. The van der Waals surface area contributed by atoms with Crippen LogP contribution < -0.4 is 10.6 Å². The van der Waals surface area contributed by atoms with Crippen molar-refractivity contribution in [2.45, 2.75) is 19.9 Å². The summed E-state index contributed by atoms with van der Waals surface area (Å²) >= 11 is 5.83. The second-order valence-corrected chi connectivity index (χ2v) is 4.30. The van der Waals surface area contributed by atoms with Crippen molar-refractivity contribution in [3.05, 3.63) is 34.3 Å². The number of benzene rings is 1. The number of amides is 1. The second-order valence-electron chi connectivity index (χ2n) is 3.86. The Labute approximate surface area is 113 Å². The fraction of sp³-hybridized carbons (Fsp3) is 0.417. The molecule has 1 aromatic rings. The molecule has 96 valence electrons. The first kappa shape index (κ1) is 16.2. The van der Waals surface area contributed by atoms with Gasteiger partial charge in [0.2, 0.25) is 0 Å². The molecular formula is C12H18Cl2N2O. The zero-order valence-corrected chi connectivity index (χ0v) is 11.8. The summed E-state index contributed by atoms with van der Waals surface area (Å²) in [6.07, 6.45) is 0. The summed E-state index contributed by atoms with van der Waals surface area (Å²) in [6.45, 7) is 4.49. The molecule has 0 saturated carbocycles. The molecule has 17 heavy (non-hydrogen) atoms. The van der Waals surface area contributed by atoms with Crippen LogP contribution in [-0.4, -0.2) is 25.5 Å². The van der Waals surface area contributed by atoms with Crippen molar-refractivity contribution in [2.75, 3.05) is 13.6 Å². The third-order valence-electron chi connectivity index (χ3n) is 2.49. The van der Waals surface area contributed by atoms with E-state index in [1.165, 1.54) is 0 Å². The fourth-order valence-electron chi connectivity index (χ4n) is 1.32. The molecule has 0 heterocycles. The van der Waals surface area contributed by atoms with E-state index < -0.39 is 0 Å². The van der Waals surface area contributed by atoms with E-state index in [2.05, 4.69) is 10.6 Å². The highest BCUT2D eigenvalue weighted by atomic mass is 35.5. The summed E-state index contributed by atoms with van der Waals surface area (Å²) in [5.74, 6) is -0.0590. The highest BCUT2D eigenvalue weighted by Crippen LogP contribution is 2.14. The molecule has 1 rings (SSSR count). The molecule has 0 fully saturated rings. The molecule has 0 aliphatic carbocycles. The molecule has 0 saturated heterocycles. The van der Waals surface area contributed by atoms with E-state index in [9.17, 15) is 4.79 Å². The van der Waals surface area contributed by atoms with Gasteiger partial charge >= 0.3 is 0 Å². The zero-order valence-electron chi connectivity index (χ0n) is 10.2. The molecule has 0 spiro atoms. The number of hydrogen-bond acceptors (Lipinski definition) is 2. The molecule has 1 unspecified atom stereocenters. The summed E-state index contributed by atoms with van der Waals surface area (Å²) in [5, 5.41) is 6.58. The van der Waals surface area contributed by atoms with Crippen molar-refractivity contribution in [2.24, 2.45) is 0 Å². The minimum Gasteiger partial charge on any atom is -0.350 e. The maximum Gasteiger partial charge on any atom is 0.251 e. The van der Waals surface area contributed by atoms with Crippen molar-refractivity contribution in [3.8, 4) is 0 Å². The lowest BCUT2D eigenvalue weighted by Crippen LogP contribution is -2.37. The number of nitrogens with one attached hydrogen (secondary N) is 2. The smallest absolute Gasteiger partial charge is 0.251 e. The van der Waals surface area contributed by atoms with Gasteiger partial charge in [-0.05, 0) is 44.7 Å². The molecule has 5 heteroatoms. The van der Waals surface area contributed by atoms with Crippen LogP contribution in [0, 0.1) is 6.92 Å². The minimum absolute atomic E-state index is 0. The van der Waals surface area contributed by atoms with Crippen LogP contribution in [0.4, 0.5) is 0 Å². The molecular weight excluding hydrogens is 259 g/mol. The van der Waals surface area contributed by atoms with Gasteiger partial charge in [-0.1, -0.05) is 11.6 Å². The average molecular weight is 277 g/mol. The van der Waals surface area contributed by atoms with E-state index in [0.717, 1.165) is 5.56 Å². The number of aryl methyl sites for hydroxylation is 1. The van der Waals surface area contributed by atoms with E-state index >= 15 is 0 Å². The monoisotopic (exact) mass is 276 g/mol. The predicted octanol–water partition coefficient (Wildman–Crippen LogP) is 2.41. The van der Waals surface area contributed by atoms with Crippen molar-refractivity contribution in [1.29, 1.82) is 0 Å². The molecule has 0 aromatic heterocycles. The summed E-state index contributed by atoms with van der Waals surface area (Å²) < 4.78 is 0. The first-order valence-corrected chi connectivity index (χ1v) is 5.64. The van der Waals surface area contributed by atoms with Gasteiger partial charge in [0.05, 0.1) is 0 Å². The van der Waals surface area contributed by atoms with Gasteiger partial charge in [-0.3, -0.25) is 4.79 Å². The first-order valence-electron chi connectivity index (χ1n) is 5.26. The Kier molecular flexibility index (Phi) is 7.19. The average Bonchev–Trinajstić information content (AvgIpc) is 2.25. The molecule has 1 amide bonds. The summed E-state index contributed by atoms with van der Waals surface area (Å²) in [5.41, 5.74) is 1.56. The molecule has 0 radical (unpaired) electrons. The third kappa shape index (κ3) is 4.94. The predicted molar refractivity (Wildman–Crippen MR) is 74.3 cm³/mol. The van der Waals surface area contributed by atoms with Crippen LogP contribution in [0.25, 0.3) is 0 Å². The van der Waals surface area contributed by atoms with Gasteiger partial charge in [-0.2, -0.15) is 0 Å². The summed E-state index contributed by atoms with van der Waals surface area (Å²) in [4.78, 5) is 11.8. The Hall–Kier alpha value is -0.770. The molecule has 0 aliphatic heterocycles. The Morgan fingerprint density at radius 3 is 2.65 bits per heavy atom. The Morgan fingerprint density at radius 1 is 1.47 bits per heavy atom. The van der Waals surface area contributed by atoms with Crippen LogP contribution in [-0.2, 0) is 0 Å². The summed E-state index contributed by atoms with van der Waals surface area (Å²) in [7, 11) is 1.87. The SMILES string of the molecule is CNC(C)CNC(=O)c1ccc(Cl)cc1C.Cl. The number of likely N-dealkylation sites (N-methyl/N-ethyl adjacent to an activating group) is 1. The lowest BCUT2D eigenvalue weighted by Gasteiger charge is -2.12. The van der Waals surface area contributed by atoms with Crippen molar-refractivity contribution >= 4 is 29.9 Å². The third-order valence-corrected chi connectivity index (χ3v) is 2.73. The first-order chi connectivity index (χ1) is 7.54. The lowest BCUT2D eigenvalue weighted by molar-refractivity contribution is 0.0950. The highest BCUT2D eigenvalue weighted by Gasteiger charge is 2.09. The fourth-order valence-corrected chi connectivity index (χ4v) is 1.55. The molecule has 2 N–H and O–H groups in total. The number of rotatable bonds is 4. The quantitative estimate of drug-likeness (QED) is 0.887. The summed E-state index contributed by atoms with van der Waals surface area (Å²) in [6, 6.07) is 5.52. The molecule has 1 atom stereocenters. The molecule has 0 bridgehead atoms. The van der Waals surface area contributed by atoms with Gasteiger partial charge in [0.15, 0.2) is 0 Å². The number of carbonyl (C=O) groups excluding carboxylic acids is 1. The maximum absolute atomic E-state index is 11.8. The van der Waals surface area contributed by atoms with Gasteiger partial charge in [-0.15, -0.1) is 12.4 Å². The largest absolute Gasteiger partial charge is 0.350 e. The van der Waals surface area contributed by atoms with Crippen LogP contribution in [0.2, 0.25) is 5.02 Å². The Bertz CT molecular complexity index is 383. The van der Waals surface area contributed by atoms with Gasteiger partial charge in [-0.25, -0.2) is 0 Å². The van der Waals surface area contributed by atoms with Crippen LogP contribution in [0.5, 0.6) is 0 Å². The van der Waals surface area contributed by atoms with E-state index in [4.69, 9.17) is 11.6 Å². The molecule has 1 aromatic carbocycles. The van der Waals surface area contributed by atoms with Gasteiger partial charge in [0, 0.05) is 23.2 Å². The number of halogens is 2. The van der Waals surface area contributed by atoms with E-state index in [-0.39, 0.29) is 24.4 Å². The topological polar surface area (TPSA) is 41.1 Å². The van der Waals surface area contributed by atoms with Crippen LogP contribution >= 0.6 is 24.0 Å². The maximum atomic E-state index is 11.8. The van der Waals surface area contributed by atoms with Crippen molar-refractivity contribution < 1.29 is 4.79 Å². The Morgan fingerprint density at radius 2 is 2.12 bits per heavy atom. The molecule has 3 nitrogen and oxygen atoms in total. The minimum atomic E-state index is -0.0590. The zero-order chi connectivity index (χ0) is 12.1. The van der Waals surface area contributed by atoms with Crippen LogP contribution in [0.1, 0.15) is 22.8 Å². The number of hydrogen-bond donors (Lipinski definition) is 2. The van der Waals surface area contributed by atoms with E-state index in [1.54, 1.807) is 18.2 Å². The standard InChI is InChI=1S/C12H17ClN2O.ClH/c1-8-6-10(13)4-5-11(8)12(16)15-7-9(2)14-3;/h4-6,9,14H,7H2,1-3H3,(H,15,16);1H. The van der Waals surface area contributed by atoms with Gasteiger partial charge in [0.1, 0.15) is 0 Å². The molecule has 0 aliphatic rings. The van der Waals surface area contributed by atoms with E-state index in [1.807, 2.05) is 20.9 Å². The lowest BCUT2D eigenvalue weighted by atomic mass is 10.1. The van der Waals surface area contributed by atoms with Crippen molar-refractivity contribution in [1.82, 2.24) is 10.6 Å². The second kappa shape index (κ2) is 7.54. The van der Waals surface area contributed by atoms with Gasteiger partial charge < -0.3 is 10.6 Å². The van der Waals surface area contributed by atoms with Crippen LogP contribution in [0.15, 0.2) is 18.2 Å². The van der Waals surface area contributed by atoms with Crippen LogP contribution in [0.3, 0.4) is 0 Å². The Balaban J connectivity index is 0.00000256. The van der Waals surface area contributed by atoms with Crippen molar-refractivity contribution in [3.63, 3.8) is 0 Å². The number of carbonyl (C=O) groups is 1.